The van der Waals surface area contributed by atoms with E-state index >= 15 is 0 Å². The SMILES string of the molecule is Cc1ccc(C)c(NC(=O)c2ccc(NS(=O)(=O)c3ccc(F)cc3)cc2)c1. The number of carbonyl (C=O) groups is 1. The molecule has 3 rings (SSSR count). The van der Waals surface area contributed by atoms with E-state index in [0.717, 1.165) is 28.9 Å². The van der Waals surface area contributed by atoms with E-state index in [1.807, 2.05) is 32.0 Å². The van der Waals surface area contributed by atoms with Crippen molar-refractivity contribution in [3.63, 3.8) is 0 Å². The molecule has 0 unspecified atom stereocenters. The Balaban J connectivity index is 1.73. The number of amides is 1. The van der Waals surface area contributed by atoms with Crippen molar-refractivity contribution in [2.45, 2.75) is 18.7 Å². The van der Waals surface area contributed by atoms with Gasteiger partial charge < -0.3 is 5.32 Å². The van der Waals surface area contributed by atoms with Gasteiger partial charge in [-0.1, -0.05) is 12.1 Å². The van der Waals surface area contributed by atoms with Crippen molar-refractivity contribution >= 4 is 27.3 Å². The van der Waals surface area contributed by atoms with Crippen molar-refractivity contribution < 1.29 is 17.6 Å². The zero-order chi connectivity index (χ0) is 20.3. The smallest absolute Gasteiger partial charge is 0.261 e. The van der Waals surface area contributed by atoms with Crippen LogP contribution >= 0.6 is 0 Å². The second-order valence-electron chi connectivity index (χ2n) is 6.41. The Bertz CT molecular complexity index is 1110. The average Bonchev–Trinajstić information content (AvgIpc) is 2.65. The van der Waals surface area contributed by atoms with Crippen molar-refractivity contribution in [2.24, 2.45) is 0 Å². The van der Waals surface area contributed by atoms with Crippen LogP contribution in [0.4, 0.5) is 15.8 Å². The third kappa shape index (κ3) is 4.55. The summed E-state index contributed by atoms with van der Waals surface area (Å²) in [5.41, 5.74) is 3.40. The molecular weight excluding hydrogens is 379 g/mol. The molecule has 5 nitrogen and oxygen atoms in total. The molecule has 0 spiro atoms. The zero-order valence-electron chi connectivity index (χ0n) is 15.4. The summed E-state index contributed by atoms with van der Waals surface area (Å²) >= 11 is 0. The molecular formula is C21H19FN2O3S. The fourth-order valence-electron chi connectivity index (χ4n) is 2.58. The van der Waals surface area contributed by atoms with Gasteiger partial charge in [0.05, 0.1) is 4.90 Å². The number of carbonyl (C=O) groups excluding carboxylic acids is 1. The Morgan fingerprint density at radius 1 is 0.893 bits per heavy atom. The van der Waals surface area contributed by atoms with E-state index in [9.17, 15) is 17.6 Å². The van der Waals surface area contributed by atoms with Crippen LogP contribution in [-0.4, -0.2) is 14.3 Å². The lowest BCUT2D eigenvalue weighted by molar-refractivity contribution is 0.102. The molecule has 0 aliphatic carbocycles. The van der Waals surface area contributed by atoms with Crippen LogP contribution in [0.2, 0.25) is 0 Å². The van der Waals surface area contributed by atoms with Crippen molar-refractivity contribution in [1.82, 2.24) is 0 Å². The van der Waals surface area contributed by atoms with Crippen LogP contribution in [0.25, 0.3) is 0 Å². The highest BCUT2D eigenvalue weighted by Crippen LogP contribution is 2.20. The Kier molecular flexibility index (Phi) is 5.46. The highest BCUT2D eigenvalue weighted by atomic mass is 32.2. The van der Waals surface area contributed by atoms with Gasteiger partial charge in [-0.3, -0.25) is 9.52 Å². The number of anilines is 2. The second-order valence-corrected chi connectivity index (χ2v) is 8.09. The summed E-state index contributed by atoms with van der Waals surface area (Å²) in [4.78, 5) is 12.4. The number of halogens is 1. The van der Waals surface area contributed by atoms with E-state index in [1.54, 1.807) is 0 Å². The number of hydrogen-bond donors (Lipinski definition) is 2. The van der Waals surface area contributed by atoms with E-state index in [0.29, 0.717) is 11.3 Å². The van der Waals surface area contributed by atoms with E-state index in [2.05, 4.69) is 10.0 Å². The summed E-state index contributed by atoms with van der Waals surface area (Å²) in [5, 5.41) is 2.85. The number of aryl methyl sites for hydroxylation is 2. The zero-order valence-corrected chi connectivity index (χ0v) is 16.2. The Labute approximate surface area is 163 Å². The van der Waals surface area contributed by atoms with Gasteiger partial charge in [0, 0.05) is 16.9 Å². The van der Waals surface area contributed by atoms with Crippen molar-refractivity contribution in [3.05, 3.63) is 89.2 Å². The topological polar surface area (TPSA) is 75.3 Å². The molecule has 0 heterocycles. The first-order valence-electron chi connectivity index (χ1n) is 8.52. The highest BCUT2D eigenvalue weighted by molar-refractivity contribution is 7.92. The number of nitrogens with one attached hydrogen (secondary N) is 2. The summed E-state index contributed by atoms with van der Waals surface area (Å²) < 4.78 is 40.0. The maximum Gasteiger partial charge on any atom is 0.261 e. The first kappa shape index (κ1) is 19.6. The second kappa shape index (κ2) is 7.82. The fourth-order valence-corrected chi connectivity index (χ4v) is 3.64. The van der Waals surface area contributed by atoms with Gasteiger partial charge in [-0.05, 0) is 79.6 Å². The lowest BCUT2D eigenvalue weighted by Crippen LogP contribution is -2.14. The molecule has 0 radical (unpaired) electrons. The molecule has 0 bridgehead atoms. The van der Waals surface area contributed by atoms with Crippen LogP contribution in [0.15, 0.2) is 71.6 Å². The average molecular weight is 398 g/mol. The number of sulfonamides is 1. The molecule has 28 heavy (non-hydrogen) atoms. The quantitative estimate of drug-likeness (QED) is 0.665. The van der Waals surface area contributed by atoms with Gasteiger partial charge in [-0.25, -0.2) is 12.8 Å². The van der Waals surface area contributed by atoms with Crippen molar-refractivity contribution in [3.8, 4) is 0 Å². The van der Waals surface area contributed by atoms with Gasteiger partial charge in [0.25, 0.3) is 15.9 Å². The molecule has 0 aliphatic heterocycles. The molecule has 0 fully saturated rings. The predicted molar refractivity (Wildman–Crippen MR) is 108 cm³/mol. The van der Waals surface area contributed by atoms with E-state index in [1.165, 1.54) is 36.4 Å². The van der Waals surface area contributed by atoms with Gasteiger partial charge in [-0.15, -0.1) is 0 Å². The number of rotatable bonds is 5. The first-order valence-corrected chi connectivity index (χ1v) is 10.00. The summed E-state index contributed by atoms with van der Waals surface area (Å²) in [6, 6.07) is 16.4. The highest BCUT2D eigenvalue weighted by Gasteiger charge is 2.15. The normalized spacial score (nSPS) is 11.1. The van der Waals surface area contributed by atoms with Crippen molar-refractivity contribution in [1.29, 1.82) is 0 Å². The van der Waals surface area contributed by atoms with Crippen molar-refractivity contribution in [2.75, 3.05) is 10.0 Å². The van der Waals surface area contributed by atoms with Crippen LogP contribution < -0.4 is 10.0 Å². The molecule has 0 atom stereocenters. The predicted octanol–water partition coefficient (Wildman–Crippen LogP) is 4.50. The minimum Gasteiger partial charge on any atom is -0.322 e. The summed E-state index contributed by atoms with van der Waals surface area (Å²) in [6.07, 6.45) is 0. The molecule has 1 amide bonds. The third-order valence-corrected chi connectivity index (χ3v) is 5.56. The molecule has 144 valence electrons. The molecule has 0 saturated heterocycles. The molecule has 0 aromatic heterocycles. The third-order valence-electron chi connectivity index (χ3n) is 4.16. The standard InChI is InChI=1S/C21H19FN2O3S/c1-14-3-4-15(2)20(13-14)23-21(25)16-5-9-18(10-6-16)24-28(26,27)19-11-7-17(22)8-12-19/h3-13,24H,1-2H3,(H,23,25). The maximum absolute atomic E-state index is 13.0. The van der Waals surface area contributed by atoms with Gasteiger partial charge >= 0.3 is 0 Å². The molecule has 3 aromatic rings. The van der Waals surface area contributed by atoms with Crippen LogP contribution in [-0.2, 0) is 10.0 Å². The number of benzene rings is 3. The molecule has 7 heteroatoms. The van der Waals surface area contributed by atoms with Crippen LogP contribution in [0.1, 0.15) is 21.5 Å². The van der Waals surface area contributed by atoms with Crippen LogP contribution in [0.3, 0.4) is 0 Å². The van der Waals surface area contributed by atoms with E-state index in [-0.39, 0.29) is 10.8 Å². The van der Waals surface area contributed by atoms with E-state index < -0.39 is 15.8 Å². The largest absolute Gasteiger partial charge is 0.322 e. The van der Waals surface area contributed by atoms with Gasteiger partial charge in [0.1, 0.15) is 5.82 Å². The molecule has 0 aliphatic rings. The monoisotopic (exact) mass is 398 g/mol. The molecule has 0 saturated carbocycles. The Hall–Kier alpha value is -3.19. The van der Waals surface area contributed by atoms with Gasteiger partial charge in [0.2, 0.25) is 0 Å². The fraction of sp³-hybridized carbons (Fsp3) is 0.0952. The Morgan fingerprint density at radius 2 is 1.54 bits per heavy atom. The van der Waals surface area contributed by atoms with Gasteiger partial charge in [-0.2, -0.15) is 0 Å². The lowest BCUT2D eigenvalue weighted by Gasteiger charge is -2.11. The first-order chi connectivity index (χ1) is 13.2. The minimum atomic E-state index is -3.84. The summed E-state index contributed by atoms with van der Waals surface area (Å²) in [7, 11) is -3.84. The van der Waals surface area contributed by atoms with Gasteiger partial charge in [0.15, 0.2) is 0 Å². The molecule has 3 aromatic carbocycles. The van der Waals surface area contributed by atoms with Crippen LogP contribution in [0, 0.1) is 19.7 Å². The summed E-state index contributed by atoms with van der Waals surface area (Å²) in [6.45, 7) is 3.85. The van der Waals surface area contributed by atoms with E-state index in [4.69, 9.17) is 0 Å². The minimum absolute atomic E-state index is 0.0503. The molecule has 2 N–H and O–H groups in total. The lowest BCUT2D eigenvalue weighted by atomic mass is 10.1. The van der Waals surface area contributed by atoms with Crippen LogP contribution in [0.5, 0.6) is 0 Å². The summed E-state index contributed by atoms with van der Waals surface area (Å²) in [5.74, 6) is -0.806. The maximum atomic E-state index is 13.0. The number of hydrogen-bond acceptors (Lipinski definition) is 3. The Morgan fingerprint density at radius 3 is 2.18 bits per heavy atom.